The van der Waals surface area contributed by atoms with Gasteiger partial charge in [-0.05, 0) is 31.0 Å². The summed E-state index contributed by atoms with van der Waals surface area (Å²) < 4.78 is 5.66. The molecule has 0 aliphatic heterocycles. The van der Waals surface area contributed by atoms with E-state index in [0.717, 1.165) is 37.3 Å². The van der Waals surface area contributed by atoms with Gasteiger partial charge in [0.25, 0.3) is 0 Å². The van der Waals surface area contributed by atoms with E-state index in [2.05, 4.69) is 53.2 Å². The van der Waals surface area contributed by atoms with E-state index in [0.29, 0.717) is 12.4 Å². The van der Waals surface area contributed by atoms with Crippen LogP contribution in [0.2, 0.25) is 0 Å². The molecule has 0 atom stereocenters. The summed E-state index contributed by atoms with van der Waals surface area (Å²) in [5, 5.41) is 0. The molecular formula is C21H25N3O. The number of nitrogens with two attached hydrogens (primary N) is 1. The highest BCUT2D eigenvalue weighted by atomic mass is 16.3. The molecular weight excluding hydrogens is 310 g/mol. The van der Waals surface area contributed by atoms with E-state index in [-0.39, 0.29) is 0 Å². The van der Waals surface area contributed by atoms with Crippen molar-refractivity contribution in [1.29, 1.82) is 0 Å². The molecule has 1 heterocycles. The van der Waals surface area contributed by atoms with Gasteiger partial charge in [0.1, 0.15) is 6.26 Å². The lowest BCUT2D eigenvalue weighted by atomic mass is 10.1. The quantitative estimate of drug-likeness (QED) is 0.683. The second-order valence-electron chi connectivity index (χ2n) is 6.31. The topological polar surface area (TPSA) is 55.3 Å². The minimum Gasteiger partial charge on any atom is -0.444 e. The maximum Gasteiger partial charge on any atom is 0.226 e. The van der Waals surface area contributed by atoms with Crippen LogP contribution in [0.4, 0.5) is 0 Å². The van der Waals surface area contributed by atoms with Crippen LogP contribution in [0.1, 0.15) is 16.8 Å². The van der Waals surface area contributed by atoms with E-state index in [9.17, 15) is 0 Å². The highest BCUT2D eigenvalue weighted by Gasteiger charge is 2.11. The van der Waals surface area contributed by atoms with Crippen LogP contribution in [0.5, 0.6) is 0 Å². The summed E-state index contributed by atoms with van der Waals surface area (Å²) in [4.78, 5) is 6.96. The largest absolute Gasteiger partial charge is 0.444 e. The first-order chi connectivity index (χ1) is 12.2. The third kappa shape index (κ3) is 5.02. The van der Waals surface area contributed by atoms with E-state index < -0.39 is 0 Å². The standard InChI is InChI=1S/C21H25N3O/c1-17-7-9-19(10-8-17)21-23-20(16-25-21)15-24(14-12-22)13-11-18-5-3-2-4-6-18/h2-10,16H,11-15,22H2,1H3. The van der Waals surface area contributed by atoms with Gasteiger partial charge in [-0.15, -0.1) is 0 Å². The van der Waals surface area contributed by atoms with Crippen molar-refractivity contribution in [3.05, 3.63) is 77.7 Å². The fraction of sp³-hybridized carbons (Fsp3) is 0.286. The second-order valence-corrected chi connectivity index (χ2v) is 6.31. The Kier molecular flexibility index (Phi) is 5.99. The Morgan fingerprint density at radius 2 is 1.76 bits per heavy atom. The molecule has 1 aromatic heterocycles. The van der Waals surface area contributed by atoms with Crippen molar-refractivity contribution in [3.63, 3.8) is 0 Å². The summed E-state index contributed by atoms with van der Waals surface area (Å²) >= 11 is 0. The van der Waals surface area contributed by atoms with Gasteiger partial charge < -0.3 is 10.2 Å². The van der Waals surface area contributed by atoms with Crippen LogP contribution in [0, 0.1) is 6.92 Å². The van der Waals surface area contributed by atoms with Gasteiger partial charge in [0.2, 0.25) is 5.89 Å². The Labute approximate surface area is 149 Å². The van der Waals surface area contributed by atoms with E-state index in [4.69, 9.17) is 10.2 Å². The van der Waals surface area contributed by atoms with Gasteiger partial charge in [0, 0.05) is 31.7 Å². The Morgan fingerprint density at radius 3 is 2.48 bits per heavy atom. The van der Waals surface area contributed by atoms with Crippen molar-refractivity contribution in [2.45, 2.75) is 19.9 Å². The molecule has 0 aliphatic rings. The Bertz CT molecular complexity index is 765. The first kappa shape index (κ1) is 17.4. The van der Waals surface area contributed by atoms with Gasteiger partial charge in [-0.1, -0.05) is 48.0 Å². The van der Waals surface area contributed by atoms with Crippen LogP contribution < -0.4 is 5.73 Å². The van der Waals surface area contributed by atoms with Crippen molar-refractivity contribution >= 4 is 0 Å². The van der Waals surface area contributed by atoms with Gasteiger partial charge in [-0.3, -0.25) is 4.90 Å². The maximum absolute atomic E-state index is 5.78. The van der Waals surface area contributed by atoms with Crippen LogP contribution in [0.3, 0.4) is 0 Å². The van der Waals surface area contributed by atoms with E-state index in [1.54, 1.807) is 6.26 Å². The fourth-order valence-corrected chi connectivity index (χ4v) is 2.82. The molecule has 0 unspecified atom stereocenters. The van der Waals surface area contributed by atoms with Crippen LogP contribution in [-0.4, -0.2) is 29.5 Å². The molecule has 3 rings (SSSR count). The molecule has 2 aromatic carbocycles. The molecule has 0 radical (unpaired) electrons. The lowest BCUT2D eigenvalue weighted by molar-refractivity contribution is 0.273. The lowest BCUT2D eigenvalue weighted by Crippen LogP contribution is -2.31. The van der Waals surface area contributed by atoms with Crippen molar-refractivity contribution in [3.8, 4) is 11.5 Å². The number of oxazole rings is 1. The minimum atomic E-state index is 0.636. The highest BCUT2D eigenvalue weighted by Crippen LogP contribution is 2.19. The summed E-state index contributed by atoms with van der Waals surface area (Å²) in [7, 11) is 0. The van der Waals surface area contributed by atoms with Crippen LogP contribution >= 0.6 is 0 Å². The highest BCUT2D eigenvalue weighted by molar-refractivity contribution is 5.53. The second kappa shape index (κ2) is 8.60. The van der Waals surface area contributed by atoms with Crippen LogP contribution in [-0.2, 0) is 13.0 Å². The number of aromatic nitrogens is 1. The first-order valence-corrected chi connectivity index (χ1v) is 8.72. The summed E-state index contributed by atoms with van der Waals surface area (Å²) in [5.74, 6) is 0.672. The summed E-state index contributed by atoms with van der Waals surface area (Å²) in [6, 6.07) is 18.7. The third-order valence-electron chi connectivity index (χ3n) is 4.24. The zero-order valence-electron chi connectivity index (χ0n) is 14.7. The maximum atomic E-state index is 5.78. The first-order valence-electron chi connectivity index (χ1n) is 8.72. The normalized spacial score (nSPS) is 11.2. The van der Waals surface area contributed by atoms with E-state index in [1.807, 2.05) is 18.2 Å². The predicted octanol–water partition coefficient (Wildman–Crippen LogP) is 3.65. The molecule has 0 aliphatic carbocycles. The zero-order chi connectivity index (χ0) is 17.5. The SMILES string of the molecule is Cc1ccc(-c2nc(CN(CCN)CCc3ccccc3)co2)cc1. The molecule has 0 spiro atoms. The van der Waals surface area contributed by atoms with Crippen LogP contribution in [0.25, 0.3) is 11.5 Å². The molecule has 0 amide bonds. The number of hydrogen-bond acceptors (Lipinski definition) is 4. The van der Waals surface area contributed by atoms with Gasteiger partial charge in [0.15, 0.2) is 0 Å². The Balaban J connectivity index is 1.63. The van der Waals surface area contributed by atoms with E-state index >= 15 is 0 Å². The van der Waals surface area contributed by atoms with E-state index in [1.165, 1.54) is 11.1 Å². The van der Waals surface area contributed by atoms with Gasteiger partial charge in [0.05, 0.1) is 5.69 Å². The van der Waals surface area contributed by atoms with Crippen molar-refractivity contribution in [2.75, 3.05) is 19.6 Å². The monoisotopic (exact) mass is 335 g/mol. The minimum absolute atomic E-state index is 0.636. The number of nitrogens with zero attached hydrogens (tertiary/aromatic N) is 2. The molecule has 130 valence electrons. The van der Waals surface area contributed by atoms with Gasteiger partial charge in [-0.2, -0.15) is 0 Å². The van der Waals surface area contributed by atoms with Crippen molar-refractivity contribution < 1.29 is 4.42 Å². The smallest absolute Gasteiger partial charge is 0.226 e. The molecule has 0 saturated carbocycles. The average molecular weight is 335 g/mol. The molecule has 3 aromatic rings. The Hall–Kier alpha value is -2.43. The predicted molar refractivity (Wildman–Crippen MR) is 101 cm³/mol. The lowest BCUT2D eigenvalue weighted by Gasteiger charge is -2.20. The molecule has 0 saturated heterocycles. The van der Waals surface area contributed by atoms with Crippen molar-refractivity contribution in [1.82, 2.24) is 9.88 Å². The molecule has 25 heavy (non-hydrogen) atoms. The zero-order valence-corrected chi connectivity index (χ0v) is 14.7. The molecule has 4 heteroatoms. The molecule has 0 bridgehead atoms. The third-order valence-corrected chi connectivity index (χ3v) is 4.24. The molecule has 4 nitrogen and oxygen atoms in total. The molecule has 0 fully saturated rings. The summed E-state index contributed by atoms with van der Waals surface area (Å²) in [6.45, 7) is 5.26. The van der Waals surface area contributed by atoms with Gasteiger partial charge in [-0.25, -0.2) is 4.98 Å². The van der Waals surface area contributed by atoms with Crippen molar-refractivity contribution in [2.24, 2.45) is 5.73 Å². The average Bonchev–Trinajstić information content (AvgIpc) is 3.10. The number of hydrogen-bond donors (Lipinski definition) is 1. The van der Waals surface area contributed by atoms with Gasteiger partial charge >= 0.3 is 0 Å². The number of benzene rings is 2. The molecule has 2 N–H and O–H groups in total. The fourth-order valence-electron chi connectivity index (χ4n) is 2.82. The Morgan fingerprint density at radius 1 is 1.00 bits per heavy atom. The number of aryl methyl sites for hydroxylation is 1. The summed E-state index contributed by atoms with van der Waals surface area (Å²) in [5.41, 5.74) is 10.3. The van der Waals surface area contributed by atoms with Crippen LogP contribution in [0.15, 0.2) is 65.3 Å². The summed E-state index contributed by atoms with van der Waals surface area (Å²) in [6.07, 6.45) is 2.75. The number of rotatable bonds is 8.